The Labute approximate surface area is 477 Å². The highest BCUT2D eigenvalue weighted by molar-refractivity contribution is 7.99. The van der Waals surface area contributed by atoms with Crippen molar-refractivity contribution in [2.75, 3.05) is 10.2 Å². The minimum absolute atomic E-state index is 0.196. The molecule has 3 nitrogen and oxygen atoms in total. The molecule has 394 valence electrons. The van der Waals surface area contributed by atoms with Crippen LogP contribution in [-0.2, 0) is 0 Å². The number of aryl methyl sites for hydroxylation is 1. The largest absolute Gasteiger partial charge is 0.456 e. The molecule has 0 unspecified atom stereocenters. The summed E-state index contributed by atoms with van der Waals surface area (Å²) in [4.78, 5) is 4.92. The summed E-state index contributed by atoms with van der Waals surface area (Å²) in [6, 6.07) is 72.4. The number of hydrogen-bond acceptors (Lipinski definition) is 4. The number of hydrogen-bond donors (Lipinski definition) is 1. The molecule has 1 aromatic heterocycles. The van der Waals surface area contributed by atoms with Gasteiger partial charge in [0, 0.05) is 48.6 Å². The van der Waals surface area contributed by atoms with Gasteiger partial charge in [-0.05, 0) is 150 Å². The molecular weight excluding hydrogens is 989 g/mol. The Kier molecular flexibility index (Phi) is 16.2. The number of benzene rings is 10. The molecule has 1 aliphatic heterocycles. The maximum atomic E-state index is 6.42. The lowest BCUT2D eigenvalue weighted by atomic mass is 9.88. The average molecular weight is 1060 g/mol. The first-order valence-corrected chi connectivity index (χ1v) is 28.2. The Hall–Kier alpha value is -9.09. The third-order valence-corrected chi connectivity index (χ3v) is 15.8. The standard InChI is InChI=1S/C62H44N2OS.C8H14.C6H10/c1-3-4-5-14-45-33-38-56(50-17-7-6-15-48(45)50)64(57-22-13-24-59-61(57)51-18-9-11-23-58(51)65-59)46-34-29-43(30-35-46)41-25-27-42(28-26-41)44-31-36-47(37-32-44)66-62-40(2)39-53-49-16-8-10-20-54(49)63-55-21-12-19-52(62)60(53)55;1-6-7(2)8(3,4)5;1-4-5-6(2)3/h3-39,63H,1-2H3;6H,1-2H2,3-5H3;4-5H,1H2,2-3H3/b4-3-,14-5-;;. The van der Waals surface area contributed by atoms with Crippen molar-refractivity contribution < 1.29 is 4.42 Å². The van der Waals surface area contributed by atoms with Crippen molar-refractivity contribution in [3.63, 3.8) is 0 Å². The van der Waals surface area contributed by atoms with E-state index in [9.17, 15) is 0 Å². The molecule has 0 fully saturated rings. The molecule has 0 aliphatic carbocycles. The number of nitrogens with zero attached hydrogens (tertiary/aromatic N) is 1. The highest BCUT2D eigenvalue weighted by atomic mass is 32.2. The van der Waals surface area contributed by atoms with Crippen LogP contribution in [0.2, 0.25) is 0 Å². The maximum absolute atomic E-state index is 6.42. The predicted octanol–water partition coefficient (Wildman–Crippen LogP) is 23.4. The van der Waals surface area contributed by atoms with E-state index in [0.29, 0.717) is 0 Å². The predicted molar refractivity (Wildman–Crippen MR) is 351 cm³/mol. The van der Waals surface area contributed by atoms with Crippen molar-refractivity contribution in [3.8, 4) is 33.4 Å². The summed E-state index contributed by atoms with van der Waals surface area (Å²) >= 11 is 1.85. The third kappa shape index (κ3) is 11.4. The Morgan fingerprint density at radius 1 is 0.562 bits per heavy atom. The fraction of sp³-hybridized carbons (Fsp3) is 0.105. The van der Waals surface area contributed by atoms with Gasteiger partial charge in [-0.1, -0.05) is 239 Å². The number of fused-ring (bicyclic) bond motifs is 6. The van der Waals surface area contributed by atoms with Gasteiger partial charge in [0.2, 0.25) is 0 Å². The molecule has 0 amide bonds. The van der Waals surface area contributed by atoms with Gasteiger partial charge in [0.25, 0.3) is 0 Å². The fourth-order valence-electron chi connectivity index (χ4n) is 10.3. The van der Waals surface area contributed by atoms with Crippen LogP contribution < -0.4 is 10.2 Å². The normalized spacial score (nSPS) is 11.6. The van der Waals surface area contributed by atoms with E-state index in [1.807, 2.05) is 44.7 Å². The molecule has 10 aromatic carbocycles. The highest BCUT2D eigenvalue weighted by Gasteiger charge is 2.23. The van der Waals surface area contributed by atoms with E-state index in [1.165, 1.54) is 81.5 Å². The van der Waals surface area contributed by atoms with E-state index in [1.54, 1.807) is 12.2 Å². The van der Waals surface area contributed by atoms with Gasteiger partial charge >= 0.3 is 0 Å². The molecule has 0 spiro atoms. The van der Waals surface area contributed by atoms with Crippen molar-refractivity contribution in [2.24, 2.45) is 5.41 Å². The van der Waals surface area contributed by atoms with E-state index in [0.717, 1.165) is 55.8 Å². The average Bonchev–Trinajstić information content (AvgIpc) is 3.94. The summed E-state index contributed by atoms with van der Waals surface area (Å²) in [6.07, 6.45) is 14.0. The Balaban J connectivity index is 0.000000458. The number of anilines is 5. The van der Waals surface area contributed by atoms with Gasteiger partial charge < -0.3 is 14.6 Å². The van der Waals surface area contributed by atoms with Gasteiger partial charge in [-0.2, -0.15) is 0 Å². The van der Waals surface area contributed by atoms with E-state index in [2.05, 4.69) is 276 Å². The molecule has 0 radical (unpaired) electrons. The van der Waals surface area contributed by atoms with Gasteiger partial charge in [0.15, 0.2) is 0 Å². The zero-order valence-corrected chi connectivity index (χ0v) is 47.8. The van der Waals surface area contributed by atoms with Gasteiger partial charge in [0.05, 0.1) is 16.8 Å². The molecule has 1 aliphatic rings. The molecule has 0 bridgehead atoms. The van der Waals surface area contributed by atoms with Crippen LogP contribution in [0.5, 0.6) is 0 Å². The quantitative estimate of drug-likeness (QED) is 0.131. The van der Waals surface area contributed by atoms with Crippen LogP contribution in [0, 0.1) is 12.3 Å². The summed E-state index contributed by atoms with van der Waals surface area (Å²) in [7, 11) is 0. The van der Waals surface area contributed by atoms with Gasteiger partial charge in [-0.3, -0.25) is 0 Å². The zero-order chi connectivity index (χ0) is 55.9. The Morgan fingerprint density at radius 2 is 1.15 bits per heavy atom. The molecule has 12 rings (SSSR count). The van der Waals surface area contributed by atoms with Crippen molar-refractivity contribution in [3.05, 3.63) is 279 Å². The van der Waals surface area contributed by atoms with Crippen LogP contribution in [0.3, 0.4) is 0 Å². The molecule has 11 aromatic rings. The minimum Gasteiger partial charge on any atom is -0.456 e. The SMILES string of the molecule is C/C=C\C=C/c1ccc(N(c2ccc(-c3ccc(-c4ccc(Sc5c(C)cc6c7c(cccc57)Nc5ccccc5-6)cc4)cc3)cc2)c2cccc3oc4ccccc4c23)c2ccccc12.C=CC(=C)C(C)(C)C.C=CC=C(C)C. The van der Waals surface area contributed by atoms with Gasteiger partial charge in [-0.15, -0.1) is 0 Å². The van der Waals surface area contributed by atoms with E-state index in [-0.39, 0.29) is 5.41 Å². The lowest BCUT2D eigenvalue weighted by Gasteiger charge is -2.28. The van der Waals surface area contributed by atoms with Gasteiger partial charge in [0.1, 0.15) is 11.2 Å². The Bertz CT molecular complexity index is 4180. The first-order valence-electron chi connectivity index (χ1n) is 27.4. The molecule has 2 heterocycles. The minimum atomic E-state index is 0.196. The van der Waals surface area contributed by atoms with Crippen LogP contribution in [0.15, 0.2) is 282 Å². The van der Waals surface area contributed by atoms with Crippen LogP contribution in [0.1, 0.15) is 52.7 Å². The lowest BCUT2D eigenvalue weighted by Crippen LogP contribution is -2.11. The fourth-order valence-corrected chi connectivity index (χ4v) is 11.3. The molecule has 0 atom stereocenters. The first kappa shape index (κ1) is 54.3. The van der Waals surface area contributed by atoms with E-state index in [4.69, 9.17) is 4.42 Å². The molecule has 0 saturated heterocycles. The molecule has 80 heavy (non-hydrogen) atoms. The zero-order valence-electron chi connectivity index (χ0n) is 47.0. The summed E-state index contributed by atoms with van der Waals surface area (Å²) in [6.45, 7) is 25.7. The second kappa shape index (κ2) is 23.9. The maximum Gasteiger partial charge on any atom is 0.137 e. The summed E-state index contributed by atoms with van der Waals surface area (Å²) in [5.41, 5.74) is 19.7. The van der Waals surface area contributed by atoms with E-state index >= 15 is 0 Å². The number of para-hydroxylation sites is 2. The molecular formula is C76H68N2OS. The number of rotatable bonds is 11. The number of nitrogens with one attached hydrogen (secondary N) is 1. The number of allylic oxidation sites excluding steroid dienone is 8. The summed E-state index contributed by atoms with van der Waals surface area (Å²) in [5.74, 6) is 0. The summed E-state index contributed by atoms with van der Waals surface area (Å²) < 4.78 is 6.42. The van der Waals surface area contributed by atoms with Crippen LogP contribution in [0.25, 0.3) is 82.9 Å². The smallest absolute Gasteiger partial charge is 0.137 e. The molecule has 0 saturated carbocycles. The van der Waals surface area contributed by atoms with Crippen molar-refractivity contribution in [2.45, 2.75) is 58.3 Å². The van der Waals surface area contributed by atoms with Crippen molar-refractivity contribution in [1.82, 2.24) is 0 Å². The summed E-state index contributed by atoms with van der Waals surface area (Å²) in [5, 5.41) is 10.8. The number of furan rings is 1. The monoisotopic (exact) mass is 1060 g/mol. The van der Waals surface area contributed by atoms with Crippen LogP contribution in [0.4, 0.5) is 28.4 Å². The van der Waals surface area contributed by atoms with Gasteiger partial charge in [-0.25, -0.2) is 0 Å². The molecule has 4 heteroatoms. The van der Waals surface area contributed by atoms with Crippen LogP contribution >= 0.6 is 11.8 Å². The second-order valence-electron chi connectivity index (χ2n) is 21.4. The van der Waals surface area contributed by atoms with Crippen molar-refractivity contribution >= 4 is 89.8 Å². The van der Waals surface area contributed by atoms with E-state index < -0.39 is 0 Å². The Morgan fingerprint density at radius 3 is 1.79 bits per heavy atom. The lowest BCUT2D eigenvalue weighted by molar-refractivity contribution is 0.519. The van der Waals surface area contributed by atoms with Crippen molar-refractivity contribution in [1.29, 1.82) is 0 Å². The highest BCUT2D eigenvalue weighted by Crippen LogP contribution is 2.49. The first-order chi connectivity index (χ1) is 38.8. The topological polar surface area (TPSA) is 28.4 Å². The third-order valence-electron chi connectivity index (χ3n) is 14.6. The molecule has 1 N–H and O–H groups in total. The second-order valence-corrected chi connectivity index (χ2v) is 22.5. The van der Waals surface area contributed by atoms with Crippen LogP contribution in [-0.4, -0.2) is 0 Å².